The molecule has 0 unspecified atom stereocenters. The quantitative estimate of drug-likeness (QED) is 0.405. The van der Waals surface area contributed by atoms with Gasteiger partial charge < -0.3 is 4.42 Å². The molecule has 0 fully saturated rings. The summed E-state index contributed by atoms with van der Waals surface area (Å²) < 4.78 is 8.64. The predicted molar refractivity (Wildman–Crippen MR) is 84.4 cm³/mol. The van der Waals surface area contributed by atoms with Crippen LogP contribution in [0.4, 0.5) is 5.69 Å². The van der Waals surface area contributed by atoms with Crippen molar-refractivity contribution in [3.05, 3.63) is 50.7 Å². The maximum Gasteiger partial charge on any atom is 0.272 e. The van der Waals surface area contributed by atoms with Crippen LogP contribution in [0.5, 0.6) is 0 Å². The van der Waals surface area contributed by atoms with E-state index in [0.29, 0.717) is 23.4 Å². The molecule has 3 aromatic rings. The van der Waals surface area contributed by atoms with E-state index in [1.165, 1.54) is 12.1 Å². The van der Waals surface area contributed by atoms with Gasteiger partial charge in [-0.15, -0.1) is 0 Å². The number of hydrogen-bond acceptors (Lipinski definition) is 4. The Morgan fingerprint density at radius 1 is 1.36 bits per heavy atom. The first kappa shape index (κ1) is 14.6. The molecule has 0 spiro atoms. The van der Waals surface area contributed by atoms with E-state index in [4.69, 9.17) is 4.42 Å². The van der Waals surface area contributed by atoms with E-state index in [0.717, 1.165) is 15.6 Å². The number of benzene rings is 1. The first-order valence-electron chi connectivity index (χ1n) is 6.72. The normalized spacial score (nSPS) is 11.0. The van der Waals surface area contributed by atoms with Gasteiger partial charge >= 0.3 is 0 Å². The van der Waals surface area contributed by atoms with Crippen LogP contribution < -0.4 is 4.57 Å². The van der Waals surface area contributed by atoms with E-state index in [-0.39, 0.29) is 5.69 Å². The molecular weight excluding hydrogens is 350 g/mol. The van der Waals surface area contributed by atoms with E-state index in [2.05, 4.69) is 20.9 Å². The number of hydrogen-bond donors (Lipinski definition) is 0. The average molecular weight is 363 g/mol. The number of nitro groups is 1. The largest absolute Gasteiger partial charge is 0.436 e. The highest BCUT2D eigenvalue weighted by Gasteiger charge is 2.18. The van der Waals surface area contributed by atoms with Crippen molar-refractivity contribution < 1.29 is 13.9 Å². The smallest absolute Gasteiger partial charge is 0.272 e. The number of non-ortho nitro benzene ring substituents is 1. The van der Waals surface area contributed by atoms with E-state index in [1.54, 1.807) is 0 Å². The summed E-state index contributed by atoms with van der Waals surface area (Å²) in [5.41, 5.74) is 2.72. The summed E-state index contributed by atoms with van der Waals surface area (Å²) >= 11 is 3.43. The molecule has 0 atom stereocenters. The molecule has 0 aliphatic heterocycles. The summed E-state index contributed by atoms with van der Waals surface area (Å²) in [5, 5.41) is 11.0. The maximum atomic E-state index is 11.0. The molecule has 2 aromatic heterocycles. The lowest BCUT2D eigenvalue weighted by molar-refractivity contribution is -0.671. The van der Waals surface area contributed by atoms with Crippen molar-refractivity contribution in [3.8, 4) is 11.5 Å². The summed E-state index contributed by atoms with van der Waals surface area (Å²) in [6, 6.07) is 4.88. The second kappa shape index (κ2) is 5.49. The molecule has 0 N–H and O–H groups in total. The minimum Gasteiger partial charge on any atom is -0.436 e. The Balaban J connectivity index is 2.22. The number of nitro benzene ring substituents is 1. The summed E-state index contributed by atoms with van der Waals surface area (Å²) in [5.74, 6) is 0.446. The van der Waals surface area contributed by atoms with Gasteiger partial charge in [-0.2, -0.15) is 0 Å². The molecule has 2 heterocycles. The highest BCUT2D eigenvalue weighted by molar-refractivity contribution is 9.10. The van der Waals surface area contributed by atoms with Crippen molar-refractivity contribution in [2.24, 2.45) is 7.05 Å². The molecule has 0 aliphatic carbocycles. The monoisotopic (exact) mass is 362 g/mol. The Kier molecular flexibility index (Phi) is 3.66. The van der Waals surface area contributed by atoms with Gasteiger partial charge in [0, 0.05) is 17.7 Å². The molecule has 0 bridgehead atoms. The standard InChI is InChI=1S/C15H13BrN3O3/c1-3-9-5-12(19(20)21)6-13-14(9)22-15(17-13)10-4-11(16)8-18(2)7-10/h4-8H,3H2,1-2H3/q+1. The van der Waals surface area contributed by atoms with E-state index < -0.39 is 4.92 Å². The Hall–Kier alpha value is -2.28. The van der Waals surface area contributed by atoms with Crippen LogP contribution in [0.2, 0.25) is 0 Å². The van der Waals surface area contributed by atoms with Crippen LogP contribution in [0.3, 0.4) is 0 Å². The SMILES string of the molecule is CCc1cc([N+](=O)[O-])cc2nc(-c3cc(Br)c[n+](C)c3)oc12. The maximum absolute atomic E-state index is 11.0. The molecule has 22 heavy (non-hydrogen) atoms. The number of pyridine rings is 1. The lowest BCUT2D eigenvalue weighted by Gasteiger charge is -1.97. The van der Waals surface area contributed by atoms with Crippen LogP contribution >= 0.6 is 15.9 Å². The summed E-state index contributed by atoms with van der Waals surface area (Å²) in [6.07, 6.45) is 4.43. The fourth-order valence-corrected chi connectivity index (χ4v) is 2.94. The summed E-state index contributed by atoms with van der Waals surface area (Å²) in [7, 11) is 1.90. The van der Waals surface area contributed by atoms with Crippen molar-refractivity contribution in [1.29, 1.82) is 0 Å². The first-order valence-corrected chi connectivity index (χ1v) is 7.51. The van der Waals surface area contributed by atoms with Gasteiger partial charge in [0.05, 0.1) is 9.40 Å². The second-order valence-corrected chi connectivity index (χ2v) is 5.91. The zero-order valence-electron chi connectivity index (χ0n) is 12.0. The number of halogens is 1. The van der Waals surface area contributed by atoms with Gasteiger partial charge in [0.1, 0.15) is 18.1 Å². The molecule has 0 saturated heterocycles. The molecule has 0 saturated carbocycles. The summed E-state index contributed by atoms with van der Waals surface area (Å²) in [6.45, 7) is 1.93. The van der Waals surface area contributed by atoms with Crippen LogP contribution in [-0.4, -0.2) is 9.91 Å². The minimum absolute atomic E-state index is 0.0315. The van der Waals surface area contributed by atoms with Gasteiger partial charge in [-0.25, -0.2) is 9.55 Å². The van der Waals surface area contributed by atoms with Crippen molar-refractivity contribution in [2.45, 2.75) is 13.3 Å². The van der Waals surface area contributed by atoms with Gasteiger partial charge in [-0.05, 0) is 28.4 Å². The Morgan fingerprint density at radius 3 is 2.77 bits per heavy atom. The molecular formula is C15H13BrN3O3+. The van der Waals surface area contributed by atoms with Gasteiger partial charge in [0.15, 0.2) is 18.0 Å². The van der Waals surface area contributed by atoms with E-state index in [1.807, 2.05) is 37.0 Å². The van der Waals surface area contributed by atoms with Gasteiger partial charge in [-0.1, -0.05) is 6.92 Å². The molecule has 1 aromatic carbocycles. The molecule has 0 amide bonds. The van der Waals surface area contributed by atoms with Crippen LogP contribution in [-0.2, 0) is 13.5 Å². The number of rotatable bonds is 3. The lowest BCUT2D eigenvalue weighted by Crippen LogP contribution is -2.26. The van der Waals surface area contributed by atoms with Crippen LogP contribution in [0.15, 0.2) is 39.5 Å². The number of oxazole rings is 1. The van der Waals surface area contributed by atoms with Crippen molar-refractivity contribution in [2.75, 3.05) is 0 Å². The van der Waals surface area contributed by atoms with Gasteiger partial charge in [-0.3, -0.25) is 10.1 Å². The van der Waals surface area contributed by atoms with Crippen molar-refractivity contribution >= 4 is 32.7 Å². The summed E-state index contributed by atoms with van der Waals surface area (Å²) in [4.78, 5) is 15.0. The first-order chi connectivity index (χ1) is 10.5. The van der Waals surface area contributed by atoms with Gasteiger partial charge in [0.25, 0.3) is 5.69 Å². The molecule has 6 nitrogen and oxygen atoms in total. The number of fused-ring (bicyclic) bond motifs is 1. The van der Waals surface area contributed by atoms with Crippen LogP contribution in [0.25, 0.3) is 22.6 Å². The van der Waals surface area contributed by atoms with Crippen LogP contribution in [0.1, 0.15) is 12.5 Å². The molecule has 0 aliphatic rings. The Labute approximate surface area is 134 Å². The lowest BCUT2D eigenvalue weighted by atomic mass is 10.1. The minimum atomic E-state index is -0.411. The van der Waals surface area contributed by atoms with E-state index >= 15 is 0 Å². The number of aromatic nitrogens is 2. The highest BCUT2D eigenvalue weighted by Crippen LogP contribution is 2.30. The number of nitrogens with zero attached hydrogens (tertiary/aromatic N) is 3. The van der Waals surface area contributed by atoms with Crippen molar-refractivity contribution in [1.82, 2.24) is 4.98 Å². The third kappa shape index (κ3) is 2.59. The molecule has 7 heteroatoms. The van der Waals surface area contributed by atoms with Crippen LogP contribution in [0, 0.1) is 10.1 Å². The molecule has 0 radical (unpaired) electrons. The highest BCUT2D eigenvalue weighted by atomic mass is 79.9. The predicted octanol–water partition coefficient (Wildman–Crippen LogP) is 3.55. The Morgan fingerprint density at radius 2 is 2.14 bits per heavy atom. The van der Waals surface area contributed by atoms with Gasteiger partial charge in [0.2, 0.25) is 5.89 Å². The molecule has 3 rings (SSSR count). The molecule has 112 valence electrons. The van der Waals surface area contributed by atoms with E-state index in [9.17, 15) is 10.1 Å². The second-order valence-electron chi connectivity index (χ2n) is 4.99. The third-order valence-corrected chi connectivity index (χ3v) is 3.79. The third-order valence-electron chi connectivity index (χ3n) is 3.35. The fraction of sp³-hybridized carbons (Fsp3) is 0.200. The fourth-order valence-electron chi connectivity index (χ4n) is 2.37. The zero-order chi connectivity index (χ0) is 15.9. The topological polar surface area (TPSA) is 73.1 Å². The van der Waals surface area contributed by atoms with Crippen molar-refractivity contribution in [3.63, 3.8) is 0 Å². The zero-order valence-corrected chi connectivity index (χ0v) is 13.6. The average Bonchev–Trinajstić information content (AvgIpc) is 2.89. The Bertz CT molecular complexity index is 869. The number of aryl methyl sites for hydroxylation is 2.